The Morgan fingerprint density at radius 2 is 1.46 bits per heavy atom. The molecule has 0 saturated heterocycles. The van der Waals surface area contributed by atoms with Gasteiger partial charge in [0.1, 0.15) is 0 Å². The van der Waals surface area contributed by atoms with E-state index in [0.29, 0.717) is 17.9 Å². The summed E-state index contributed by atoms with van der Waals surface area (Å²) in [4.78, 5) is 0.315. The molecule has 0 fully saturated rings. The zero-order valence-electron chi connectivity index (χ0n) is 14.6. The molecular weight excluding hydrogens is 346 g/mol. The summed E-state index contributed by atoms with van der Waals surface area (Å²) in [5.74, 6) is 0. The van der Waals surface area contributed by atoms with Crippen LogP contribution in [-0.4, -0.2) is 26.7 Å². The maximum atomic E-state index is 12.7. The Morgan fingerprint density at radius 1 is 0.808 bits per heavy atom. The van der Waals surface area contributed by atoms with Crippen LogP contribution in [0.3, 0.4) is 0 Å². The van der Waals surface area contributed by atoms with Crippen molar-refractivity contribution in [3.8, 4) is 0 Å². The number of aryl methyl sites for hydroxylation is 1. The SMILES string of the molecule is O=S(=O)(NCCc1ccc(CCCO)cc1)c1cccc2ccccc12. The predicted molar refractivity (Wildman–Crippen MR) is 105 cm³/mol. The first-order valence-electron chi connectivity index (χ1n) is 8.76. The fraction of sp³-hybridized carbons (Fsp3) is 0.238. The van der Waals surface area contributed by atoms with E-state index in [4.69, 9.17) is 5.11 Å². The zero-order valence-corrected chi connectivity index (χ0v) is 15.4. The highest BCUT2D eigenvalue weighted by molar-refractivity contribution is 7.89. The van der Waals surface area contributed by atoms with Crippen molar-refractivity contribution in [2.75, 3.05) is 13.2 Å². The van der Waals surface area contributed by atoms with E-state index in [1.165, 1.54) is 5.56 Å². The van der Waals surface area contributed by atoms with E-state index in [-0.39, 0.29) is 6.61 Å². The van der Waals surface area contributed by atoms with Crippen LogP contribution >= 0.6 is 0 Å². The molecule has 0 amide bonds. The van der Waals surface area contributed by atoms with Crippen molar-refractivity contribution >= 4 is 20.8 Å². The molecule has 0 radical (unpaired) electrons. The fourth-order valence-electron chi connectivity index (χ4n) is 2.99. The first-order chi connectivity index (χ1) is 12.6. The fourth-order valence-corrected chi connectivity index (χ4v) is 4.25. The first-order valence-corrected chi connectivity index (χ1v) is 10.2. The summed E-state index contributed by atoms with van der Waals surface area (Å²) in [7, 11) is -3.55. The molecule has 0 atom stereocenters. The number of fused-ring (bicyclic) bond motifs is 1. The number of aliphatic hydroxyl groups excluding tert-OH is 1. The van der Waals surface area contributed by atoms with Crippen LogP contribution in [0.1, 0.15) is 17.5 Å². The lowest BCUT2D eigenvalue weighted by atomic mass is 10.1. The first kappa shape index (κ1) is 18.6. The van der Waals surface area contributed by atoms with Crippen LogP contribution in [0.4, 0.5) is 0 Å². The molecule has 136 valence electrons. The lowest BCUT2D eigenvalue weighted by Crippen LogP contribution is -2.26. The number of benzene rings is 3. The highest BCUT2D eigenvalue weighted by atomic mass is 32.2. The van der Waals surface area contributed by atoms with Crippen molar-refractivity contribution in [2.24, 2.45) is 0 Å². The average Bonchev–Trinajstić information content (AvgIpc) is 2.67. The standard InChI is InChI=1S/C21H23NO3S/c23-16-4-5-17-10-12-18(13-11-17)14-15-22-26(24,25)21-9-3-7-19-6-1-2-8-20(19)21/h1-3,6-13,22-23H,4-5,14-16H2. The molecule has 0 aromatic heterocycles. The molecule has 0 saturated carbocycles. The van der Waals surface area contributed by atoms with Crippen LogP contribution in [0, 0.1) is 0 Å². The molecule has 3 aromatic rings. The number of nitrogens with one attached hydrogen (secondary N) is 1. The second-order valence-corrected chi connectivity index (χ2v) is 8.00. The number of aliphatic hydroxyl groups is 1. The zero-order chi connectivity index (χ0) is 18.4. The van der Waals surface area contributed by atoms with Gasteiger partial charge >= 0.3 is 0 Å². The van der Waals surface area contributed by atoms with Crippen LogP contribution < -0.4 is 4.72 Å². The summed E-state index contributed by atoms with van der Waals surface area (Å²) < 4.78 is 28.1. The third kappa shape index (κ3) is 4.49. The topological polar surface area (TPSA) is 66.4 Å². The summed E-state index contributed by atoms with van der Waals surface area (Å²) in [6.07, 6.45) is 2.24. The second-order valence-electron chi connectivity index (χ2n) is 6.27. The molecule has 0 aliphatic carbocycles. The highest BCUT2D eigenvalue weighted by Crippen LogP contribution is 2.22. The van der Waals surface area contributed by atoms with Gasteiger partial charge in [-0.25, -0.2) is 13.1 Å². The molecule has 0 spiro atoms. The molecule has 26 heavy (non-hydrogen) atoms. The van der Waals surface area contributed by atoms with E-state index in [1.807, 2.05) is 54.6 Å². The van der Waals surface area contributed by atoms with Gasteiger partial charge in [0.25, 0.3) is 0 Å². The van der Waals surface area contributed by atoms with E-state index in [0.717, 1.165) is 29.2 Å². The molecule has 0 aliphatic rings. The smallest absolute Gasteiger partial charge is 0.241 e. The van der Waals surface area contributed by atoms with Gasteiger partial charge < -0.3 is 5.11 Å². The Hall–Kier alpha value is -2.21. The molecule has 5 heteroatoms. The minimum absolute atomic E-state index is 0.192. The van der Waals surface area contributed by atoms with Gasteiger partial charge in [-0.2, -0.15) is 0 Å². The summed E-state index contributed by atoms with van der Waals surface area (Å²) >= 11 is 0. The van der Waals surface area contributed by atoms with Crippen LogP contribution in [-0.2, 0) is 22.9 Å². The van der Waals surface area contributed by atoms with Crippen molar-refractivity contribution in [1.29, 1.82) is 0 Å². The van der Waals surface area contributed by atoms with Crippen LogP contribution in [0.5, 0.6) is 0 Å². The normalized spacial score (nSPS) is 11.7. The van der Waals surface area contributed by atoms with Gasteiger partial charge in [0, 0.05) is 18.5 Å². The van der Waals surface area contributed by atoms with Crippen LogP contribution in [0.15, 0.2) is 71.6 Å². The van der Waals surface area contributed by atoms with Gasteiger partial charge in [0.05, 0.1) is 4.90 Å². The molecule has 4 nitrogen and oxygen atoms in total. The minimum Gasteiger partial charge on any atom is -0.396 e. The van der Waals surface area contributed by atoms with E-state index in [9.17, 15) is 8.42 Å². The number of rotatable bonds is 8. The Kier molecular flexibility index (Phi) is 6.04. The molecule has 0 heterocycles. The van der Waals surface area contributed by atoms with Gasteiger partial charge in [-0.1, -0.05) is 60.7 Å². The lowest BCUT2D eigenvalue weighted by Gasteiger charge is -2.10. The number of hydrogen-bond donors (Lipinski definition) is 2. The quantitative estimate of drug-likeness (QED) is 0.640. The third-order valence-corrected chi connectivity index (χ3v) is 5.91. The van der Waals surface area contributed by atoms with Gasteiger partial charge in [-0.15, -0.1) is 0 Å². The van der Waals surface area contributed by atoms with E-state index >= 15 is 0 Å². The Bertz CT molecular complexity index is 961. The number of sulfonamides is 1. The lowest BCUT2D eigenvalue weighted by molar-refractivity contribution is 0.288. The van der Waals surface area contributed by atoms with Gasteiger partial charge in [0.2, 0.25) is 10.0 Å². The number of hydrogen-bond acceptors (Lipinski definition) is 3. The van der Waals surface area contributed by atoms with Crippen molar-refractivity contribution < 1.29 is 13.5 Å². The largest absolute Gasteiger partial charge is 0.396 e. The Morgan fingerprint density at radius 3 is 2.19 bits per heavy atom. The Labute approximate surface area is 154 Å². The predicted octanol–water partition coefficient (Wildman–Crippen LogP) is 3.29. The Balaban J connectivity index is 1.65. The molecule has 0 bridgehead atoms. The molecule has 0 unspecified atom stereocenters. The monoisotopic (exact) mass is 369 g/mol. The summed E-state index contributed by atoms with van der Waals surface area (Å²) in [6, 6.07) is 20.9. The minimum atomic E-state index is -3.55. The van der Waals surface area contributed by atoms with E-state index in [1.54, 1.807) is 12.1 Å². The summed E-state index contributed by atoms with van der Waals surface area (Å²) in [6.45, 7) is 0.541. The maximum Gasteiger partial charge on any atom is 0.241 e. The molecule has 3 rings (SSSR count). The van der Waals surface area contributed by atoms with Gasteiger partial charge in [-0.3, -0.25) is 0 Å². The van der Waals surface area contributed by atoms with Crippen molar-refractivity contribution in [3.63, 3.8) is 0 Å². The molecule has 3 aromatic carbocycles. The van der Waals surface area contributed by atoms with Crippen molar-refractivity contribution in [2.45, 2.75) is 24.2 Å². The van der Waals surface area contributed by atoms with Crippen molar-refractivity contribution in [3.05, 3.63) is 77.9 Å². The third-order valence-electron chi connectivity index (χ3n) is 4.39. The van der Waals surface area contributed by atoms with Gasteiger partial charge in [-0.05, 0) is 41.8 Å². The molecular formula is C21H23NO3S. The average molecular weight is 369 g/mol. The molecule has 0 aliphatic heterocycles. The van der Waals surface area contributed by atoms with Crippen molar-refractivity contribution in [1.82, 2.24) is 4.72 Å². The molecule has 2 N–H and O–H groups in total. The van der Waals surface area contributed by atoms with Crippen LogP contribution in [0.2, 0.25) is 0 Å². The summed E-state index contributed by atoms with van der Waals surface area (Å²) in [5.41, 5.74) is 2.26. The highest BCUT2D eigenvalue weighted by Gasteiger charge is 2.16. The van der Waals surface area contributed by atoms with Crippen LogP contribution in [0.25, 0.3) is 10.8 Å². The van der Waals surface area contributed by atoms with Gasteiger partial charge in [0.15, 0.2) is 0 Å². The van der Waals surface area contributed by atoms with E-state index in [2.05, 4.69) is 4.72 Å². The summed E-state index contributed by atoms with van der Waals surface area (Å²) in [5, 5.41) is 10.5. The maximum absolute atomic E-state index is 12.7. The second kappa shape index (κ2) is 8.45. The van der Waals surface area contributed by atoms with E-state index < -0.39 is 10.0 Å².